The Hall–Kier alpha value is -1.58. The molecule has 1 aromatic rings. The number of rotatable bonds is 4. The van der Waals surface area contributed by atoms with Crippen LogP contribution in [0.4, 0.5) is 4.39 Å². The summed E-state index contributed by atoms with van der Waals surface area (Å²) in [6.07, 6.45) is -0.114. The number of benzene rings is 1. The molecule has 1 atom stereocenters. The minimum absolute atomic E-state index is 0.114. The second-order valence-electron chi connectivity index (χ2n) is 3.81. The first-order valence-electron chi connectivity index (χ1n) is 5.02. The molecule has 0 saturated carbocycles. The minimum atomic E-state index is -0.949. The van der Waals surface area contributed by atoms with E-state index in [9.17, 15) is 9.18 Å². The SMILES string of the molecule is COc1ccc(C)c(F)c1C(C)CC(=O)O. The zero-order valence-electron chi connectivity index (χ0n) is 9.58. The number of ether oxygens (including phenoxy) is 1. The maximum atomic E-state index is 13.9. The highest BCUT2D eigenvalue weighted by Crippen LogP contribution is 2.32. The third-order valence-electron chi connectivity index (χ3n) is 2.53. The molecule has 0 aliphatic heterocycles. The highest BCUT2D eigenvalue weighted by atomic mass is 19.1. The van der Waals surface area contributed by atoms with Crippen LogP contribution in [0.3, 0.4) is 0 Å². The summed E-state index contributed by atoms with van der Waals surface area (Å²) in [5.74, 6) is -1.34. The first kappa shape index (κ1) is 12.5. The Balaban J connectivity index is 3.18. The van der Waals surface area contributed by atoms with Crippen molar-refractivity contribution in [3.05, 3.63) is 29.1 Å². The molecule has 0 saturated heterocycles. The van der Waals surface area contributed by atoms with E-state index in [4.69, 9.17) is 9.84 Å². The van der Waals surface area contributed by atoms with Gasteiger partial charge < -0.3 is 9.84 Å². The lowest BCUT2D eigenvalue weighted by Gasteiger charge is -2.16. The van der Waals surface area contributed by atoms with Crippen LogP contribution >= 0.6 is 0 Å². The highest BCUT2D eigenvalue weighted by Gasteiger charge is 2.20. The summed E-state index contributed by atoms with van der Waals surface area (Å²) in [4.78, 5) is 10.6. The molecule has 0 spiro atoms. The van der Waals surface area contributed by atoms with Crippen LogP contribution in [-0.2, 0) is 4.79 Å². The van der Waals surface area contributed by atoms with Gasteiger partial charge in [-0.15, -0.1) is 0 Å². The molecule has 1 aromatic carbocycles. The topological polar surface area (TPSA) is 46.5 Å². The fourth-order valence-corrected chi connectivity index (χ4v) is 1.69. The molecule has 0 amide bonds. The van der Waals surface area contributed by atoms with Crippen LogP contribution in [0, 0.1) is 12.7 Å². The van der Waals surface area contributed by atoms with E-state index in [1.807, 2.05) is 0 Å². The van der Waals surface area contributed by atoms with Crippen molar-refractivity contribution in [2.24, 2.45) is 0 Å². The fraction of sp³-hybridized carbons (Fsp3) is 0.417. The van der Waals surface area contributed by atoms with Gasteiger partial charge in [-0.3, -0.25) is 4.79 Å². The first-order chi connectivity index (χ1) is 7.47. The van der Waals surface area contributed by atoms with Crippen LogP contribution in [-0.4, -0.2) is 18.2 Å². The van der Waals surface area contributed by atoms with Crippen molar-refractivity contribution >= 4 is 5.97 Å². The number of halogens is 1. The van der Waals surface area contributed by atoms with Gasteiger partial charge in [0.1, 0.15) is 11.6 Å². The fourth-order valence-electron chi connectivity index (χ4n) is 1.69. The molecule has 1 N–H and O–H groups in total. The van der Waals surface area contributed by atoms with Gasteiger partial charge in [0.25, 0.3) is 0 Å². The molecular formula is C12H15FO3. The van der Waals surface area contributed by atoms with Gasteiger partial charge in [-0.25, -0.2) is 4.39 Å². The number of hydrogen-bond acceptors (Lipinski definition) is 2. The summed E-state index contributed by atoms with van der Waals surface area (Å²) in [6.45, 7) is 3.32. The smallest absolute Gasteiger partial charge is 0.303 e. The second kappa shape index (κ2) is 4.96. The van der Waals surface area contributed by atoms with Gasteiger partial charge in [0, 0.05) is 5.56 Å². The zero-order chi connectivity index (χ0) is 12.3. The van der Waals surface area contributed by atoms with E-state index in [1.165, 1.54) is 7.11 Å². The zero-order valence-corrected chi connectivity index (χ0v) is 9.58. The Bertz CT molecular complexity index is 401. The van der Waals surface area contributed by atoms with E-state index >= 15 is 0 Å². The van der Waals surface area contributed by atoms with Crippen LogP contribution in [0.2, 0.25) is 0 Å². The van der Waals surface area contributed by atoms with E-state index in [0.717, 1.165) is 0 Å². The molecular weight excluding hydrogens is 211 g/mol. The summed E-state index contributed by atoms with van der Waals surface area (Å²) in [5, 5.41) is 8.71. The molecule has 0 radical (unpaired) electrons. The van der Waals surface area contributed by atoms with Gasteiger partial charge >= 0.3 is 5.97 Å². The lowest BCUT2D eigenvalue weighted by atomic mass is 9.94. The largest absolute Gasteiger partial charge is 0.496 e. The molecule has 0 bridgehead atoms. The van der Waals surface area contributed by atoms with Crippen molar-refractivity contribution in [1.82, 2.24) is 0 Å². The number of aryl methyl sites for hydroxylation is 1. The van der Waals surface area contributed by atoms with Crippen LogP contribution in [0.15, 0.2) is 12.1 Å². The number of carbonyl (C=O) groups is 1. The molecule has 0 aromatic heterocycles. The summed E-state index contributed by atoms with van der Waals surface area (Å²) < 4.78 is 18.9. The van der Waals surface area contributed by atoms with Crippen LogP contribution in [0.5, 0.6) is 5.75 Å². The monoisotopic (exact) mass is 226 g/mol. The second-order valence-corrected chi connectivity index (χ2v) is 3.81. The summed E-state index contributed by atoms with van der Waals surface area (Å²) >= 11 is 0. The number of carboxylic acids is 1. The average Bonchev–Trinajstić information content (AvgIpc) is 2.20. The predicted octanol–water partition coefficient (Wildman–Crippen LogP) is 2.72. The molecule has 0 aliphatic carbocycles. The van der Waals surface area contributed by atoms with E-state index < -0.39 is 11.9 Å². The number of carboxylic acid groups (broad SMARTS) is 1. The van der Waals surface area contributed by atoms with Crippen molar-refractivity contribution in [3.8, 4) is 5.75 Å². The third-order valence-corrected chi connectivity index (χ3v) is 2.53. The summed E-state index contributed by atoms with van der Waals surface area (Å²) in [7, 11) is 1.45. The number of aliphatic carboxylic acids is 1. The van der Waals surface area contributed by atoms with Gasteiger partial charge in [-0.2, -0.15) is 0 Å². The summed E-state index contributed by atoms with van der Waals surface area (Å²) in [6, 6.07) is 3.28. The minimum Gasteiger partial charge on any atom is -0.496 e. The quantitative estimate of drug-likeness (QED) is 0.858. The molecule has 1 rings (SSSR count). The molecule has 0 heterocycles. The average molecular weight is 226 g/mol. The van der Waals surface area contributed by atoms with Crippen molar-refractivity contribution < 1.29 is 19.0 Å². The Labute approximate surface area is 93.9 Å². The van der Waals surface area contributed by atoms with Crippen molar-refractivity contribution in [3.63, 3.8) is 0 Å². The van der Waals surface area contributed by atoms with Gasteiger partial charge in [0.05, 0.1) is 13.5 Å². The molecule has 3 nitrogen and oxygen atoms in total. The van der Waals surface area contributed by atoms with E-state index in [2.05, 4.69) is 0 Å². The lowest BCUT2D eigenvalue weighted by molar-refractivity contribution is -0.137. The third kappa shape index (κ3) is 2.51. The van der Waals surface area contributed by atoms with Gasteiger partial charge in [0.15, 0.2) is 0 Å². The molecule has 4 heteroatoms. The first-order valence-corrected chi connectivity index (χ1v) is 5.02. The number of hydrogen-bond donors (Lipinski definition) is 1. The van der Waals surface area contributed by atoms with Crippen molar-refractivity contribution in [2.45, 2.75) is 26.2 Å². The molecule has 0 fully saturated rings. The Kier molecular flexibility index (Phi) is 3.88. The Morgan fingerprint density at radius 3 is 2.69 bits per heavy atom. The number of methoxy groups -OCH3 is 1. The Morgan fingerprint density at radius 1 is 1.56 bits per heavy atom. The van der Waals surface area contributed by atoms with E-state index in [-0.39, 0.29) is 12.2 Å². The molecule has 1 unspecified atom stereocenters. The van der Waals surface area contributed by atoms with E-state index in [1.54, 1.807) is 26.0 Å². The Morgan fingerprint density at radius 2 is 2.19 bits per heavy atom. The standard InChI is InChI=1S/C12H15FO3/c1-7-4-5-9(16-3)11(12(7)13)8(2)6-10(14)15/h4-5,8H,6H2,1-3H3,(H,14,15). The van der Waals surface area contributed by atoms with Crippen molar-refractivity contribution in [1.29, 1.82) is 0 Å². The van der Waals surface area contributed by atoms with Gasteiger partial charge in [-0.1, -0.05) is 13.0 Å². The van der Waals surface area contributed by atoms with Gasteiger partial charge in [0.2, 0.25) is 0 Å². The molecule has 88 valence electrons. The van der Waals surface area contributed by atoms with Gasteiger partial charge in [-0.05, 0) is 24.5 Å². The normalized spacial score (nSPS) is 12.2. The van der Waals surface area contributed by atoms with Crippen LogP contribution < -0.4 is 4.74 Å². The predicted molar refractivity (Wildman–Crippen MR) is 58.4 cm³/mol. The van der Waals surface area contributed by atoms with Crippen LogP contribution in [0.25, 0.3) is 0 Å². The highest BCUT2D eigenvalue weighted by molar-refractivity contribution is 5.68. The maximum absolute atomic E-state index is 13.9. The van der Waals surface area contributed by atoms with E-state index in [0.29, 0.717) is 16.9 Å². The summed E-state index contributed by atoms with van der Waals surface area (Å²) in [5.41, 5.74) is 0.831. The maximum Gasteiger partial charge on any atom is 0.303 e. The molecule has 16 heavy (non-hydrogen) atoms. The van der Waals surface area contributed by atoms with Crippen molar-refractivity contribution in [2.75, 3.05) is 7.11 Å². The molecule has 0 aliphatic rings. The lowest BCUT2D eigenvalue weighted by Crippen LogP contribution is -2.07. The van der Waals surface area contributed by atoms with Crippen LogP contribution in [0.1, 0.15) is 30.4 Å².